The molecule has 1 aromatic carbocycles. The van der Waals surface area contributed by atoms with Gasteiger partial charge in [-0.3, -0.25) is 4.79 Å². The Hall–Kier alpha value is -2.70. The predicted octanol–water partition coefficient (Wildman–Crippen LogP) is 2.24. The summed E-state index contributed by atoms with van der Waals surface area (Å²) in [6, 6.07) is 7.68. The minimum absolute atomic E-state index is 0.0789. The van der Waals surface area contributed by atoms with Crippen LogP contribution in [-0.4, -0.2) is 26.1 Å². The van der Waals surface area contributed by atoms with Crippen LogP contribution >= 0.6 is 0 Å². The van der Waals surface area contributed by atoms with Gasteiger partial charge in [0.15, 0.2) is 0 Å². The average molecular weight is 313 g/mol. The molecule has 120 valence electrons. The monoisotopic (exact) mass is 313 g/mol. The minimum atomic E-state index is -0.202. The summed E-state index contributed by atoms with van der Waals surface area (Å²) in [4.78, 5) is 12.3. The van der Waals surface area contributed by atoms with E-state index in [1.807, 2.05) is 31.2 Å². The number of hydrogen-bond donors (Lipinski definition) is 1. The smallest absolute Gasteiger partial charge is 0.242 e. The number of furan rings is 1. The number of fused-ring (bicyclic) bond motifs is 1. The number of amides is 1. The molecule has 0 bridgehead atoms. The summed E-state index contributed by atoms with van der Waals surface area (Å²) in [5.41, 5.74) is 1.89. The van der Waals surface area contributed by atoms with Gasteiger partial charge in [0.05, 0.1) is 6.04 Å². The molecule has 1 N–H and O–H groups in total. The number of carbonyl (C=O) groups excluding carboxylic acids is 1. The van der Waals surface area contributed by atoms with Crippen LogP contribution in [-0.2, 0) is 11.3 Å². The van der Waals surface area contributed by atoms with Crippen molar-refractivity contribution in [2.45, 2.75) is 33.4 Å². The number of benzene rings is 1. The second-order valence-electron chi connectivity index (χ2n) is 5.88. The molecule has 1 atom stereocenters. The molecular weight excluding hydrogens is 294 g/mol. The van der Waals surface area contributed by atoms with Crippen molar-refractivity contribution in [2.24, 2.45) is 5.92 Å². The van der Waals surface area contributed by atoms with Crippen molar-refractivity contribution in [1.29, 1.82) is 0 Å². The van der Waals surface area contributed by atoms with Gasteiger partial charge < -0.3 is 9.73 Å². The zero-order chi connectivity index (χ0) is 16.4. The molecule has 0 unspecified atom stereocenters. The standard InChI is InChI=1S/C16H19N5O2/c1-10(2)15(18-14(22)8-21-9-17-19-20-21)16-11(3)12-6-4-5-7-13(12)23-16/h4-7,9-10,15H,8H2,1-3H3,(H,18,22)/t15-/m1/s1. The van der Waals surface area contributed by atoms with Crippen LogP contribution in [0.3, 0.4) is 0 Å². The van der Waals surface area contributed by atoms with E-state index in [0.717, 1.165) is 22.3 Å². The van der Waals surface area contributed by atoms with Gasteiger partial charge in [-0.2, -0.15) is 0 Å². The first kappa shape index (κ1) is 15.2. The van der Waals surface area contributed by atoms with E-state index in [9.17, 15) is 4.79 Å². The average Bonchev–Trinajstić information content (AvgIpc) is 3.13. The Balaban J connectivity index is 1.85. The number of tetrazole rings is 1. The van der Waals surface area contributed by atoms with E-state index in [0.29, 0.717) is 0 Å². The molecule has 2 aromatic heterocycles. The second kappa shape index (κ2) is 6.20. The van der Waals surface area contributed by atoms with E-state index < -0.39 is 0 Å². The van der Waals surface area contributed by atoms with Crippen molar-refractivity contribution in [3.05, 3.63) is 41.9 Å². The fourth-order valence-corrected chi connectivity index (χ4v) is 2.64. The number of hydrogen-bond acceptors (Lipinski definition) is 5. The van der Waals surface area contributed by atoms with Crippen molar-refractivity contribution in [1.82, 2.24) is 25.5 Å². The Morgan fingerprint density at radius 1 is 1.35 bits per heavy atom. The van der Waals surface area contributed by atoms with Gasteiger partial charge in [-0.25, -0.2) is 4.68 Å². The molecule has 0 saturated carbocycles. The number of para-hydroxylation sites is 1. The van der Waals surface area contributed by atoms with Crippen LogP contribution in [0.5, 0.6) is 0 Å². The highest BCUT2D eigenvalue weighted by atomic mass is 16.3. The lowest BCUT2D eigenvalue weighted by Crippen LogP contribution is -2.34. The number of aromatic nitrogens is 4. The van der Waals surface area contributed by atoms with Gasteiger partial charge in [0, 0.05) is 10.9 Å². The zero-order valence-electron chi connectivity index (χ0n) is 13.4. The maximum Gasteiger partial charge on any atom is 0.242 e. The molecular formula is C16H19N5O2. The lowest BCUT2D eigenvalue weighted by molar-refractivity contribution is -0.123. The third-order valence-electron chi connectivity index (χ3n) is 3.84. The van der Waals surface area contributed by atoms with Gasteiger partial charge in [0.2, 0.25) is 5.91 Å². The Morgan fingerprint density at radius 3 is 2.78 bits per heavy atom. The van der Waals surface area contributed by atoms with Gasteiger partial charge >= 0.3 is 0 Å². The molecule has 3 aromatic rings. The van der Waals surface area contributed by atoms with Crippen molar-refractivity contribution in [3.8, 4) is 0 Å². The number of nitrogens with one attached hydrogen (secondary N) is 1. The highest BCUT2D eigenvalue weighted by Crippen LogP contribution is 2.32. The highest BCUT2D eigenvalue weighted by Gasteiger charge is 2.25. The van der Waals surface area contributed by atoms with Gasteiger partial charge in [-0.15, -0.1) is 5.10 Å². The molecule has 0 saturated heterocycles. The molecule has 1 amide bonds. The molecule has 3 rings (SSSR count). The van der Waals surface area contributed by atoms with Crippen molar-refractivity contribution in [3.63, 3.8) is 0 Å². The summed E-state index contributed by atoms with van der Waals surface area (Å²) < 4.78 is 7.38. The van der Waals surface area contributed by atoms with Crippen LogP contribution in [0.15, 0.2) is 35.0 Å². The predicted molar refractivity (Wildman–Crippen MR) is 84.5 cm³/mol. The summed E-state index contributed by atoms with van der Waals surface area (Å²) >= 11 is 0. The Morgan fingerprint density at radius 2 is 2.13 bits per heavy atom. The normalized spacial score (nSPS) is 12.7. The van der Waals surface area contributed by atoms with E-state index in [1.165, 1.54) is 11.0 Å². The topological polar surface area (TPSA) is 85.8 Å². The quantitative estimate of drug-likeness (QED) is 0.780. The van der Waals surface area contributed by atoms with E-state index in [2.05, 4.69) is 34.7 Å². The number of carbonyl (C=O) groups is 1. The maximum absolute atomic E-state index is 12.3. The van der Waals surface area contributed by atoms with Crippen LogP contribution in [0, 0.1) is 12.8 Å². The molecule has 0 fully saturated rings. The fraction of sp³-hybridized carbons (Fsp3) is 0.375. The lowest BCUT2D eigenvalue weighted by Gasteiger charge is -2.21. The first-order valence-corrected chi connectivity index (χ1v) is 7.54. The lowest BCUT2D eigenvalue weighted by atomic mass is 9.98. The molecule has 2 heterocycles. The first-order valence-electron chi connectivity index (χ1n) is 7.54. The molecule has 7 heteroatoms. The Labute approximate surface area is 133 Å². The van der Waals surface area contributed by atoms with Crippen LogP contribution < -0.4 is 5.32 Å². The molecule has 0 radical (unpaired) electrons. The van der Waals surface area contributed by atoms with E-state index >= 15 is 0 Å². The van der Waals surface area contributed by atoms with E-state index in [1.54, 1.807) is 0 Å². The van der Waals surface area contributed by atoms with Crippen molar-refractivity contribution < 1.29 is 9.21 Å². The molecule has 23 heavy (non-hydrogen) atoms. The third kappa shape index (κ3) is 3.08. The summed E-state index contributed by atoms with van der Waals surface area (Å²) in [5, 5.41) is 14.8. The minimum Gasteiger partial charge on any atom is -0.459 e. The SMILES string of the molecule is Cc1c([C@H](NC(=O)Cn2cnnn2)C(C)C)oc2ccccc12. The third-order valence-corrected chi connectivity index (χ3v) is 3.84. The van der Waals surface area contributed by atoms with Gasteiger partial charge in [-0.1, -0.05) is 32.0 Å². The Bertz CT molecular complexity index is 807. The van der Waals surface area contributed by atoms with Gasteiger partial charge in [-0.05, 0) is 29.3 Å². The van der Waals surface area contributed by atoms with Crippen LogP contribution in [0.2, 0.25) is 0 Å². The molecule has 7 nitrogen and oxygen atoms in total. The van der Waals surface area contributed by atoms with Crippen LogP contribution in [0.4, 0.5) is 0 Å². The maximum atomic E-state index is 12.3. The molecule has 0 aliphatic carbocycles. The highest BCUT2D eigenvalue weighted by molar-refractivity contribution is 5.82. The Kier molecular flexibility index (Phi) is 4.10. The van der Waals surface area contributed by atoms with Crippen LogP contribution in [0.1, 0.15) is 31.2 Å². The first-order chi connectivity index (χ1) is 11.1. The largest absolute Gasteiger partial charge is 0.459 e. The molecule has 0 aliphatic rings. The number of rotatable bonds is 5. The summed E-state index contributed by atoms with van der Waals surface area (Å²) in [7, 11) is 0. The molecule has 0 aliphatic heterocycles. The van der Waals surface area contributed by atoms with Crippen LogP contribution in [0.25, 0.3) is 11.0 Å². The summed E-state index contributed by atoms with van der Waals surface area (Å²) in [6.07, 6.45) is 1.41. The zero-order valence-corrected chi connectivity index (χ0v) is 13.4. The van der Waals surface area contributed by atoms with E-state index in [4.69, 9.17) is 4.42 Å². The van der Waals surface area contributed by atoms with Crippen molar-refractivity contribution >= 4 is 16.9 Å². The second-order valence-corrected chi connectivity index (χ2v) is 5.88. The van der Waals surface area contributed by atoms with Crippen molar-refractivity contribution in [2.75, 3.05) is 0 Å². The summed E-state index contributed by atoms with van der Waals surface area (Å²) in [5.74, 6) is 0.828. The number of aryl methyl sites for hydroxylation is 1. The van der Waals surface area contributed by atoms with Gasteiger partial charge in [0.25, 0.3) is 0 Å². The molecule has 0 spiro atoms. The van der Waals surface area contributed by atoms with Gasteiger partial charge in [0.1, 0.15) is 24.2 Å². The number of nitrogens with zero attached hydrogens (tertiary/aromatic N) is 4. The fourth-order valence-electron chi connectivity index (χ4n) is 2.64. The summed E-state index contributed by atoms with van der Waals surface area (Å²) in [6.45, 7) is 6.20. The van der Waals surface area contributed by atoms with E-state index in [-0.39, 0.29) is 24.4 Å².